The summed E-state index contributed by atoms with van der Waals surface area (Å²) in [5.41, 5.74) is 1.52. The highest BCUT2D eigenvalue weighted by Crippen LogP contribution is 2.33. The summed E-state index contributed by atoms with van der Waals surface area (Å²) in [5, 5.41) is 2.96. The number of aromatic amines is 1. The average Bonchev–Trinajstić information content (AvgIpc) is 3.39. The lowest BCUT2D eigenvalue weighted by molar-refractivity contribution is 0.0563. The summed E-state index contributed by atoms with van der Waals surface area (Å²) in [6, 6.07) is 10.8. The second kappa shape index (κ2) is 8.14. The van der Waals surface area contributed by atoms with Gasteiger partial charge in [-0.15, -0.1) is 11.3 Å². The van der Waals surface area contributed by atoms with E-state index in [9.17, 15) is 9.59 Å². The third-order valence-corrected chi connectivity index (χ3v) is 5.97. The molecule has 0 aliphatic rings. The molecule has 1 aromatic carbocycles. The zero-order valence-electron chi connectivity index (χ0n) is 15.6. The summed E-state index contributed by atoms with van der Waals surface area (Å²) in [4.78, 5) is 32.2. The number of methoxy groups -OCH3 is 2. The molecule has 0 saturated heterocycles. The first-order valence-electron chi connectivity index (χ1n) is 8.55. The molecule has 0 amide bonds. The molecule has 3 heterocycles. The number of hydrogen-bond donors (Lipinski definition) is 1. The van der Waals surface area contributed by atoms with E-state index < -0.39 is 5.97 Å². The van der Waals surface area contributed by atoms with Gasteiger partial charge < -0.3 is 18.9 Å². The molecule has 4 aromatic rings. The number of esters is 1. The standard InChI is InChI=1S/C20H16N2O5S2/c1-25-12-5-3-4-11(8-12)14-10-28-18-16(14)17(23)21-20(22-18)29-9-13-6-7-15(27-13)19(24)26-2/h3-8,10H,9H2,1-2H3,(H,21,22,23). The van der Waals surface area contributed by atoms with E-state index in [2.05, 4.69) is 14.7 Å². The van der Waals surface area contributed by atoms with Gasteiger partial charge in [0, 0.05) is 10.9 Å². The number of H-pyrrole nitrogens is 1. The van der Waals surface area contributed by atoms with Crippen LogP contribution in [0.1, 0.15) is 16.3 Å². The highest BCUT2D eigenvalue weighted by molar-refractivity contribution is 7.98. The molecule has 0 spiro atoms. The van der Waals surface area contributed by atoms with Crippen LogP contribution in [0.2, 0.25) is 0 Å². The van der Waals surface area contributed by atoms with E-state index in [1.54, 1.807) is 19.2 Å². The minimum atomic E-state index is -0.530. The van der Waals surface area contributed by atoms with Crippen LogP contribution in [-0.4, -0.2) is 30.2 Å². The number of thiophene rings is 1. The van der Waals surface area contributed by atoms with E-state index in [0.29, 0.717) is 26.9 Å². The number of furan rings is 1. The van der Waals surface area contributed by atoms with Gasteiger partial charge in [0.05, 0.1) is 25.4 Å². The van der Waals surface area contributed by atoms with Crippen LogP contribution < -0.4 is 10.3 Å². The number of carbonyl (C=O) groups is 1. The van der Waals surface area contributed by atoms with Gasteiger partial charge in [-0.3, -0.25) is 4.79 Å². The molecule has 1 N–H and O–H groups in total. The molecule has 148 valence electrons. The van der Waals surface area contributed by atoms with Gasteiger partial charge >= 0.3 is 5.97 Å². The Morgan fingerprint density at radius 1 is 1.28 bits per heavy atom. The van der Waals surface area contributed by atoms with Gasteiger partial charge in [0.15, 0.2) is 5.16 Å². The number of benzene rings is 1. The van der Waals surface area contributed by atoms with Crippen molar-refractivity contribution in [2.45, 2.75) is 10.9 Å². The van der Waals surface area contributed by atoms with E-state index >= 15 is 0 Å². The second-order valence-corrected chi connectivity index (χ2v) is 7.80. The Bertz CT molecular complexity index is 1240. The molecule has 0 fully saturated rings. The number of nitrogens with one attached hydrogen (secondary N) is 1. The molecule has 0 unspecified atom stereocenters. The molecule has 0 atom stereocenters. The minimum absolute atomic E-state index is 0.140. The lowest BCUT2D eigenvalue weighted by atomic mass is 10.1. The molecule has 0 aliphatic heterocycles. The first-order valence-corrected chi connectivity index (χ1v) is 10.4. The number of ether oxygens (including phenoxy) is 2. The van der Waals surface area contributed by atoms with E-state index in [0.717, 1.165) is 16.9 Å². The van der Waals surface area contributed by atoms with Crippen molar-refractivity contribution in [3.63, 3.8) is 0 Å². The fourth-order valence-electron chi connectivity index (χ4n) is 2.81. The maximum atomic E-state index is 12.7. The summed E-state index contributed by atoms with van der Waals surface area (Å²) in [6.45, 7) is 0. The molecule has 0 saturated carbocycles. The van der Waals surface area contributed by atoms with Crippen molar-refractivity contribution in [2.75, 3.05) is 14.2 Å². The number of fused-ring (bicyclic) bond motifs is 1. The molecule has 0 bridgehead atoms. The molecular formula is C20H16N2O5S2. The van der Waals surface area contributed by atoms with Crippen molar-refractivity contribution in [3.8, 4) is 16.9 Å². The number of hydrogen-bond acceptors (Lipinski definition) is 8. The fraction of sp³-hybridized carbons (Fsp3) is 0.150. The molecule has 3 aromatic heterocycles. The smallest absolute Gasteiger partial charge is 0.373 e. The summed E-state index contributed by atoms with van der Waals surface area (Å²) < 4.78 is 15.3. The van der Waals surface area contributed by atoms with Gasteiger partial charge in [0.1, 0.15) is 16.3 Å². The summed E-state index contributed by atoms with van der Waals surface area (Å²) in [7, 11) is 2.90. The fourth-order valence-corrected chi connectivity index (χ4v) is 4.57. The number of nitrogens with zero attached hydrogens (tertiary/aromatic N) is 1. The average molecular weight is 428 g/mol. The van der Waals surface area contributed by atoms with Crippen LogP contribution in [0.5, 0.6) is 5.75 Å². The third-order valence-electron chi connectivity index (χ3n) is 4.20. The normalized spacial score (nSPS) is 11.0. The van der Waals surface area contributed by atoms with Crippen LogP contribution in [0.25, 0.3) is 21.3 Å². The highest BCUT2D eigenvalue weighted by Gasteiger charge is 2.15. The Labute approximate surface area is 173 Å². The SMILES string of the molecule is COC(=O)c1ccc(CSc2nc3scc(-c4cccc(OC)c4)c3c(=O)[nH]2)o1. The van der Waals surface area contributed by atoms with Gasteiger partial charge in [-0.05, 0) is 29.8 Å². The van der Waals surface area contributed by atoms with Crippen LogP contribution in [-0.2, 0) is 10.5 Å². The van der Waals surface area contributed by atoms with E-state index in [1.165, 1.54) is 30.2 Å². The number of aromatic nitrogens is 2. The lowest BCUT2D eigenvalue weighted by Crippen LogP contribution is -2.08. The van der Waals surface area contributed by atoms with Gasteiger partial charge in [-0.1, -0.05) is 23.9 Å². The molecule has 9 heteroatoms. The van der Waals surface area contributed by atoms with Crippen LogP contribution in [0.4, 0.5) is 0 Å². The number of carbonyl (C=O) groups excluding carboxylic acids is 1. The Morgan fingerprint density at radius 3 is 2.93 bits per heavy atom. The van der Waals surface area contributed by atoms with Crippen LogP contribution in [0.15, 0.2) is 56.1 Å². The van der Waals surface area contributed by atoms with Gasteiger partial charge in [0.2, 0.25) is 5.76 Å². The number of rotatable bonds is 6. The molecule has 29 heavy (non-hydrogen) atoms. The molecule has 4 rings (SSSR count). The molecular weight excluding hydrogens is 412 g/mol. The maximum absolute atomic E-state index is 12.7. The monoisotopic (exact) mass is 428 g/mol. The highest BCUT2D eigenvalue weighted by atomic mass is 32.2. The zero-order chi connectivity index (χ0) is 20.4. The lowest BCUT2D eigenvalue weighted by Gasteiger charge is -2.04. The van der Waals surface area contributed by atoms with E-state index in [-0.39, 0.29) is 11.3 Å². The Balaban J connectivity index is 1.59. The first-order chi connectivity index (χ1) is 14.1. The van der Waals surface area contributed by atoms with Crippen molar-refractivity contribution >= 4 is 39.3 Å². The topological polar surface area (TPSA) is 94.4 Å². The molecule has 7 nitrogen and oxygen atoms in total. The second-order valence-electron chi connectivity index (χ2n) is 5.98. The van der Waals surface area contributed by atoms with Crippen molar-refractivity contribution < 1.29 is 18.7 Å². The van der Waals surface area contributed by atoms with Crippen molar-refractivity contribution in [3.05, 3.63) is 63.7 Å². The predicted octanol–water partition coefficient (Wildman–Crippen LogP) is 4.33. The quantitative estimate of drug-likeness (QED) is 0.277. The largest absolute Gasteiger partial charge is 0.497 e. The van der Waals surface area contributed by atoms with E-state index in [4.69, 9.17) is 9.15 Å². The van der Waals surface area contributed by atoms with Crippen LogP contribution in [0.3, 0.4) is 0 Å². The van der Waals surface area contributed by atoms with Crippen molar-refractivity contribution in [2.24, 2.45) is 0 Å². The maximum Gasteiger partial charge on any atom is 0.373 e. The number of thioether (sulfide) groups is 1. The summed E-state index contributed by atoms with van der Waals surface area (Å²) in [5.74, 6) is 1.34. The zero-order valence-corrected chi connectivity index (χ0v) is 17.2. The van der Waals surface area contributed by atoms with Gasteiger partial charge in [-0.25, -0.2) is 9.78 Å². The van der Waals surface area contributed by atoms with E-state index in [1.807, 2.05) is 29.6 Å². The molecule has 0 aliphatic carbocycles. The Morgan fingerprint density at radius 2 is 2.14 bits per heavy atom. The first kappa shape index (κ1) is 19.3. The minimum Gasteiger partial charge on any atom is -0.497 e. The van der Waals surface area contributed by atoms with Gasteiger partial charge in [0.25, 0.3) is 5.56 Å². The van der Waals surface area contributed by atoms with Crippen molar-refractivity contribution in [1.29, 1.82) is 0 Å². The summed E-state index contributed by atoms with van der Waals surface area (Å²) in [6.07, 6.45) is 0. The van der Waals surface area contributed by atoms with Crippen molar-refractivity contribution in [1.82, 2.24) is 9.97 Å². The Hall–Kier alpha value is -3.04. The predicted molar refractivity (Wildman–Crippen MR) is 112 cm³/mol. The van der Waals surface area contributed by atoms with Gasteiger partial charge in [-0.2, -0.15) is 0 Å². The van der Waals surface area contributed by atoms with Crippen LogP contribution in [0, 0.1) is 0 Å². The molecule has 0 radical (unpaired) electrons. The summed E-state index contributed by atoms with van der Waals surface area (Å²) >= 11 is 2.73. The van der Waals surface area contributed by atoms with Crippen LogP contribution >= 0.6 is 23.1 Å². The third kappa shape index (κ3) is 3.92. The Kier molecular flexibility index (Phi) is 5.41.